The van der Waals surface area contributed by atoms with Crippen molar-refractivity contribution in [2.24, 2.45) is 7.05 Å². The van der Waals surface area contributed by atoms with Crippen LogP contribution in [-0.2, 0) is 13.6 Å². The third kappa shape index (κ3) is 1.37. The molecule has 1 amide bonds. The van der Waals surface area contributed by atoms with Crippen LogP contribution in [0.15, 0.2) is 6.20 Å². The molecule has 1 aliphatic rings. The van der Waals surface area contributed by atoms with Gasteiger partial charge in [0.25, 0.3) is 5.91 Å². The fourth-order valence-electron chi connectivity index (χ4n) is 1.54. The highest BCUT2D eigenvalue weighted by molar-refractivity contribution is 9.09. The van der Waals surface area contributed by atoms with Crippen molar-refractivity contribution in [3.63, 3.8) is 0 Å². The lowest BCUT2D eigenvalue weighted by Gasteiger charge is -2.12. The SMILES string of the molecule is Cn1cc2c(n1)C(=O)N(CCBr)C2. The number of rotatable bonds is 2. The lowest BCUT2D eigenvalue weighted by molar-refractivity contribution is 0.0782. The van der Waals surface area contributed by atoms with Gasteiger partial charge in [0.2, 0.25) is 0 Å². The average Bonchev–Trinajstić information content (AvgIpc) is 2.54. The van der Waals surface area contributed by atoms with E-state index >= 15 is 0 Å². The van der Waals surface area contributed by atoms with Gasteiger partial charge in [0.1, 0.15) is 0 Å². The number of carbonyl (C=O) groups is 1. The Kier molecular flexibility index (Phi) is 2.11. The van der Waals surface area contributed by atoms with Crippen LogP contribution in [0.2, 0.25) is 0 Å². The van der Waals surface area contributed by atoms with Crippen molar-refractivity contribution in [2.75, 3.05) is 11.9 Å². The van der Waals surface area contributed by atoms with Crippen LogP contribution in [0.25, 0.3) is 0 Å². The van der Waals surface area contributed by atoms with E-state index in [0.29, 0.717) is 12.2 Å². The minimum atomic E-state index is 0.0510. The van der Waals surface area contributed by atoms with Crippen molar-refractivity contribution < 1.29 is 4.79 Å². The van der Waals surface area contributed by atoms with E-state index in [1.54, 1.807) is 9.58 Å². The van der Waals surface area contributed by atoms with Crippen molar-refractivity contribution in [3.05, 3.63) is 17.5 Å². The van der Waals surface area contributed by atoms with Crippen LogP contribution in [0, 0.1) is 0 Å². The van der Waals surface area contributed by atoms with Gasteiger partial charge in [0.15, 0.2) is 5.69 Å². The van der Waals surface area contributed by atoms with E-state index in [1.165, 1.54) is 0 Å². The second-order valence-corrected chi connectivity index (χ2v) is 3.89. The molecule has 0 aliphatic carbocycles. The summed E-state index contributed by atoms with van der Waals surface area (Å²) in [5.74, 6) is 0.0510. The van der Waals surface area contributed by atoms with E-state index in [1.807, 2.05) is 13.2 Å². The summed E-state index contributed by atoms with van der Waals surface area (Å²) in [6, 6.07) is 0. The van der Waals surface area contributed by atoms with Crippen molar-refractivity contribution in [2.45, 2.75) is 6.54 Å². The number of fused-ring (bicyclic) bond motifs is 1. The molecule has 0 spiro atoms. The zero-order chi connectivity index (χ0) is 9.42. The van der Waals surface area contributed by atoms with Gasteiger partial charge in [-0.25, -0.2) is 0 Å². The zero-order valence-electron chi connectivity index (χ0n) is 7.33. The number of nitrogens with zero attached hydrogens (tertiary/aromatic N) is 3. The maximum atomic E-state index is 11.6. The molecular formula is C8H10BrN3O. The molecule has 2 heterocycles. The Labute approximate surface area is 84.6 Å². The topological polar surface area (TPSA) is 38.1 Å². The fraction of sp³-hybridized carbons (Fsp3) is 0.500. The number of amides is 1. The Morgan fingerprint density at radius 3 is 3.08 bits per heavy atom. The molecule has 0 aromatic carbocycles. The molecule has 0 saturated heterocycles. The molecule has 1 aliphatic heterocycles. The monoisotopic (exact) mass is 243 g/mol. The van der Waals surface area contributed by atoms with Gasteiger partial charge in [0, 0.05) is 37.2 Å². The van der Waals surface area contributed by atoms with Gasteiger partial charge in [-0.05, 0) is 0 Å². The molecule has 2 rings (SSSR count). The van der Waals surface area contributed by atoms with E-state index in [4.69, 9.17) is 0 Å². The van der Waals surface area contributed by atoms with Crippen LogP contribution in [0.1, 0.15) is 16.1 Å². The summed E-state index contributed by atoms with van der Waals surface area (Å²) in [7, 11) is 1.83. The molecule has 5 heteroatoms. The van der Waals surface area contributed by atoms with Crippen molar-refractivity contribution in [3.8, 4) is 0 Å². The second-order valence-electron chi connectivity index (χ2n) is 3.09. The van der Waals surface area contributed by atoms with E-state index < -0.39 is 0 Å². The maximum absolute atomic E-state index is 11.6. The summed E-state index contributed by atoms with van der Waals surface area (Å²) >= 11 is 3.31. The highest BCUT2D eigenvalue weighted by atomic mass is 79.9. The van der Waals surface area contributed by atoms with E-state index in [2.05, 4.69) is 21.0 Å². The molecule has 4 nitrogen and oxygen atoms in total. The maximum Gasteiger partial charge on any atom is 0.275 e. The van der Waals surface area contributed by atoms with Gasteiger partial charge < -0.3 is 4.90 Å². The molecular weight excluding hydrogens is 234 g/mol. The molecule has 0 atom stereocenters. The number of halogens is 1. The minimum absolute atomic E-state index is 0.0510. The number of aryl methyl sites for hydroxylation is 1. The summed E-state index contributed by atoms with van der Waals surface area (Å²) in [6.07, 6.45) is 1.90. The van der Waals surface area contributed by atoms with Crippen molar-refractivity contribution in [1.29, 1.82) is 0 Å². The Morgan fingerprint density at radius 1 is 1.69 bits per heavy atom. The van der Waals surface area contributed by atoms with Gasteiger partial charge in [-0.2, -0.15) is 5.10 Å². The summed E-state index contributed by atoms with van der Waals surface area (Å²) in [6.45, 7) is 1.45. The summed E-state index contributed by atoms with van der Waals surface area (Å²) in [5, 5.41) is 4.93. The van der Waals surface area contributed by atoms with Gasteiger partial charge in [-0.3, -0.25) is 9.48 Å². The number of carbonyl (C=O) groups excluding carboxylic acids is 1. The lowest BCUT2D eigenvalue weighted by atomic mass is 10.3. The highest BCUT2D eigenvalue weighted by Gasteiger charge is 2.29. The van der Waals surface area contributed by atoms with Crippen LogP contribution >= 0.6 is 15.9 Å². The second kappa shape index (κ2) is 3.14. The Morgan fingerprint density at radius 2 is 2.46 bits per heavy atom. The van der Waals surface area contributed by atoms with E-state index in [9.17, 15) is 4.79 Å². The van der Waals surface area contributed by atoms with Gasteiger partial charge in [-0.1, -0.05) is 15.9 Å². The van der Waals surface area contributed by atoms with Crippen LogP contribution in [0.4, 0.5) is 0 Å². The van der Waals surface area contributed by atoms with Gasteiger partial charge in [0.05, 0.1) is 0 Å². The standard InChI is InChI=1S/C8H10BrN3O/c1-11-4-6-5-12(3-2-9)8(13)7(6)10-11/h4H,2-3,5H2,1H3. The normalized spacial score (nSPS) is 15.2. The molecule has 0 bridgehead atoms. The third-order valence-corrected chi connectivity index (χ3v) is 2.46. The number of hydrogen-bond acceptors (Lipinski definition) is 2. The average molecular weight is 244 g/mol. The molecule has 1 aromatic rings. The summed E-state index contributed by atoms with van der Waals surface area (Å²) < 4.78 is 1.69. The molecule has 0 unspecified atom stereocenters. The first kappa shape index (κ1) is 8.74. The summed E-state index contributed by atoms with van der Waals surface area (Å²) in [5.41, 5.74) is 1.65. The van der Waals surface area contributed by atoms with Crippen molar-refractivity contribution in [1.82, 2.24) is 14.7 Å². The van der Waals surface area contributed by atoms with Crippen molar-refractivity contribution >= 4 is 21.8 Å². The molecule has 13 heavy (non-hydrogen) atoms. The molecule has 70 valence electrons. The number of hydrogen-bond donors (Lipinski definition) is 0. The minimum Gasteiger partial charge on any atom is -0.332 e. The van der Waals surface area contributed by atoms with Crippen LogP contribution in [-0.4, -0.2) is 32.5 Å². The first-order valence-corrected chi connectivity index (χ1v) is 5.22. The predicted octanol–water partition coefficient (Wildman–Crippen LogP) is 0.771. The summed E-state index contributed by atoms with van der Waals surface area (Å²) in [4.78, 5) is 13.4. The molecule has 0 fully saturated rings. The molecule has 0 saturated carbocycles. The van der Waals surface area contributed by atoms with Crippen LogP contribution in [0.3, 0.4) is 0 Å². The Bertz CT molecular complexity index is 347. The van der Waals surface area contributed by atoms with E-state index in [-0.39, 0.29) is 5.91 Å². The van der Waals surface area contributed by atoms with Gasteiger partial charge in [-0.15, -0.1) is 0 Å². The Hall–Kier alpha value is -0.840. The highest BCUT2D eigenvalue weighted by Crippen LogP contribution is 2.20. The fourth-order valence-corrected chi connectivity index (χ4v) is 1.97. The zero-order valence-corrected chi connectivity index (χ0v) is 8.91. The molecule has 1 aromatic heterocycles. The van der Waals surface area contributed by atoms with Crippen LogP contribution < -0.4 is 0 Å². The van der Waals surface area contributed by atoms with E-state index in [0.717, 1.165) is 17.4 Å². The predicted molar refractivity (Wildman–Crippen MR) is 51.7 cm³/mol. The smallest absolute Gasteiger partial charge is 0.275 e. The molecule has 0 N–H and O–H groups in total. The largest absolute Gasteiger partial charge is 0.332 e. The lowest BCUT2D eigenvalue weighted by Crippen LogP contribution is -2.26. The molecule has 0 radical (unpaired) electrons. The third-order valence-electron chi connectivity index (χ3n) is 2.11. The Balaban J connectivity index is 2.25. The quantitative estimate of drug-likeness (QED) is 0.721. The first-order valence-electron chi connectivity index (χ1n) is 4.10. The van der Waals surface area contributed by atoms with Crippen LogP contribution in [0.5, 0.6) is 0 Å². The number of aromatic nitrogens is 2. The van der Waals surface area contributed by atoms with Gasteiger partial charge >= 0.3 is 0 Å². The number of alkyl halides is 1. The first-order chi connectivity index (χ1) is 6.22.